The Morgan fingerprint density at radius 2 is 1.79 bits per heavy atom. The van der Waals surface area contributed by atoms with E-state index < -0.39 is 38.9 Å². The Bertz CT molecular complexity index is 1250. The van der Waals surface area contributed by atoms with Gasteiger partial charge in [-0.3, -0.25) is 9.59 Å². The van der Waals surface area contributed by atoms with Gasteiger partial charge in [0, 0.05) is 11.4 Å². The molecule has 29 heavy (non-hydrogen) atoms. The van der Waals surface area contributed by atoms with E-state index >= 15 is 0 Å². The molecule has 1 aromatic heterocycles. The van der Waals surface area contributed by atoms with E-state index in [2.05, 4.69) is 9.97 Å². The Morgan fingerprint density at radius 1 is 1.17 bits per heavy atom. The molecule has 3 aromatic rings. The van der Waals surface area contributed by atoms with Crippen molar-refractivity contribution in [3.05, 3.63) is 67.6 Å². The lowest BCUT2D eigenvalue weighted by molar-refractivity contribution is -0.138. The zero-order valence-corrected chi connectivity index (χ0v) is 17.4. The number of hydrogen-bond acceptors (Lipinski definition) is 5. The number of H-pyrrole nitrogens is 1. The van der Waals surface area contributed by atoms with Crippen molar-refractivity contribution in [3.8, 4) is 0 Å². The number of benzene rings is 2. The van der Waals surface area contributed by atoms with Crippen LogP contribution in [0.1, 0.15) is 5.82 Å². The number of nitrogens with one attached hydrogen (secondary N) is 2. The predicted molar refractivity (Wildman–Crippen MR) is 109 cm³/mol. The van der Waals surface area contributed by atoms with Gasteiger partial charge in [-0.15, -0.1) is 0 Å². The van der Waals surface area contributed by atoms with Gasteiger partial charge in [0.15, 0.2) is 0 Å². The van der Waals surface area contributed by atoms with Crippen LogP contribution in [0.4, 0.5) is 0 Å². The summed E-state index contributed by atoms with van der Waals surface area (Å²) < 4.78 is 27.4. The van der Waals surface area contributed by atoms with Crippen LogP contribution in [-0.4, -0.2) is 35.5 Å². The molecule has 0 unspecified atom stereocenters. The monoisotopic (exact) mass is 475 g/mol. The molecule has 0 saturated heterocycles. The summed E-state index contributed by atoms with van der Waals surface area (Å²) in [5.74, 6) is -1.48. The minimum Gasteiger partial charge on any atom is -0.480 e. The summed E-state index contributed by atoms with van der Waals surface area (Å²) in [5.41, 5.74) is -0.122. The van der Waals surface area contributed by atoms with Gasteiger partial charge in [0.25, 0.3) is 5.56 Å². The van der Waals surface area contributed by atoms with Gasteiger partial charge in [-0.1, -0.05) is 46.9 Å². The number of rotatable bonds is 6. The summed E-state index contributed by atoms with van der Waals surface area (Å²) in [7, 11) is -4.43. The van der Waals surface area contributed by atoms with Crippen LogP contribution < -0.4 is 10.3 Å². The van der Waals surface area contributed by atoms with Crippen molar-refractivity contribution in [2.45, 2.75) is 17.4 Å². The number of carbonyl (C=O) groups is 1. The van der Waals surface area contributed by atoms with Gasteiger partial charge in [0.2, 0.25) is 10.0 Å². The summed E-state index contributed by atoms with van der Waals surface area (Å²) in [6.45, 7) is 0. The Balaban J connectivity index is 1.96. The van der Waals surface area contributed by atoms with Crippen molar-refractivity contribution in [2.24, 2.45) is 0 Å². The SMILES string of the molecule is O=C(O)[C@H](Cc1nc2ccccc2c(=O)[nH]1)NS(=O)(=O)c1c(Cl)cc(Cl)cc1Cl. The number of aromatic nitrogens is 2. The molecule has 152 valence electrons. The summed E-state index contributed by atoms with van der Waals surface area (Å²) in [6.07, 6.45) is -0.419. The van der Waals surface area contributed by atoms with Crippen LogP contribution in [0.25, 0.3) is 10.9 Å². The lowest BCUT2D eigenvalue weighted by Crippen LogP contribution is -2.43. The van der Waals surface area contributed by atoms with E-state index in [-0.39, 0.29) is 20.9 Å². The number of aliphatic carboxylic acids is 1. The van der Waals surface area contributed by atoms with Crippen molar-refractivity contribution >= 4 is 61.7 Å². The Kier molecular flexibility index (Phi) is 6.16. The number of carboxylic acid groups (broad SMARTS) is 1. The maximum atomic E-state index is 12.7. The highest BCUT2D eigenvalue weighted by molar-refractivity contribution is 7.89. The summed E-state index contributed by atoms with van der Waals surface area (Å²) >= 11 is 17.6. The van der Waals surface area contributed by atoms with E-state index in [1.807, 2.05) is 4.72 Å². The van der Waals surface area contributed by atoms with Gasteiger partial charge in [-0.05, 0) is 24.3 Å². The number of para-hydroxylation sites is 1. The van der Waals surface area contributed by atoms with Crippen molar-refractivity contribution in [2.75, 3.05) is 0 Å². The first kappa shape index (κ1) is 21.5. The smallest absolute Gasteiger partial charge is 0.322 e. The van der Waals surface area contributed by atoms with Crippen LogP contribution in [0.2, 0.25) is 15.1 Å². The standard InChI is InChI=1S/C17H12Cl3N3O5S/c18-8-5-10(19)15(11(20)6-8)29(27,28)23-13(17(25)26)7-14-21-12-4-2-1-3-9(12)16(24)22-14/h1-6,13,23H,7H2,(H,25,26)(H,21,22,24)/t13-/m0/s1. The fourth-order valence-electron chi connectivity index (χ4n) is 2.64. The zero-order valence-electron chi connectivity index (χ0n) is 14.3. The molecule has 0 amide bonds. The molecule has 1 heterocycles. The maximum Gasteiger partial charge on any atom is 0.322 e. The molecule has 0 aliphatic carbocycles. The van der Waals surface area contributed by atoms with Crippen molar-refractivity contribution in [1.82, 2.24) is 14.7 Å². The fraction of sp³-hybridized carbons (Fsp3) is 0.118. The van der Waals surface area contributed by atoms with Crippen LogP contribution in [-0.2, 0) is 21.2 Å². The highest BCUT2D eigenvalue weighted by Crippen LogP contribution is 2.32. The maximum absolute atomic E-state index is 12.7. The predicted octanol–water partition coefficient (Wildman–Crippen LogP) is 2.86. The minimum atomic E-state index is -4.43. The molecule has 0 aliphatic rings. The second kappa shape index (κ2) is 8.29. The Hall–Kier alpha value is -2.17. The van der Waals surface area contributed by atoms with Gasteiger partial charge in [-0.25, -0.2) is 13.4 Å². The number of fused-ring (bicyclic) bond motifs is 1. The summed E-state index contributed by atoms with van der Waals surface area (Å²) in [5, 5.41) is 9.38. The van der Waals surface area contributed by atoms with Gasteiger partial charge >= 0.3 is 5.97 Å². The number of halogens is 3. The number of aromatic amines is 1. The van der Waals surface area contributed by atoms with E-state index in [1.165, 1.54) is 12.1 Å². The van der Waals surface area contributed by atoms with Crippen LogP contribution in [0.15, 0.2) is 46.1 Å². The number of hydrogen-bond donors (Lipinski definition) is 3. The first-order chi connectivity index (χ1) is 13.6. The van der Waals surface area contributed by atoms with Crippen LogP contribution >= 0.6 is 34.8 Å². The molecule has 3 N–H and O–H groups in total. The summed E-state index contributed by atoms with van der Waals surface area (Å²) in [4.78, 5) is 29.9. The number of nitrogens with zero attached hydrogens (tertiary/aromatic N) is 1. The molecule has 0 fully saturated rings. The summed E-state index contributed by atoms with van der Waals surface area (Å²) in [6, 6.07) is 7.16. The second-order valence-electron chi connectivity index (χ2n) is 5.94. The quantitative estimate of drug-likeness (QED) is 0.502. The largest absolute Gasteiger partial charge is 0.480 e. The van der Waals surface area contributed by atoms with Crippen molar-refractivity contribution in [3.63, 3.8) is 0 Å². The van der Waals surface area contributed by atoms with E-state index in [0.717, 1.165) is 0 Å². The van der Waals surface area contributed by atoms with Crippen LogP contribution in [0.3, 0.4) is 0 Å². The van der Waals surface area contributed by atoms with E-state index in [0.29, 0.717) is 10.9 Å². The van der Waals surface area contributed by atoms with Gasteiger partial charge < -0.3 is 10.1 Å². The molecule has 2 aromatic carbocycles. The van der Waals surface area contributed by atoms with Crippen LogP contribution in [0.5, 0.6) is 0 Å². The first-order valence-electron chi connectivity index (χ1n) is 7.96. The molecule has 0 bridgehead atoms. The van der Waals surface area contributed by atoms with Crippen molar-refractivity contribution < 1.29 is 18.3 Å². The third-order valence-electron chi connectivity index (χ3n) is 3.89. The van der Waals surface area contributed by atoms with Crippen LogP contribution in [0, 0.1) is 0 Å². The topological polar surface area (TPSA) is 129 Å². The van der Waals surface area contributed by atoms with Gasteiger partial charge in [-0.2, -0.15) is 4.72 Å². The Labute approximate surface area is 179 Å². The highest BCUT2D eigenvalue weighted by Gasteiger charge is 2.30. The van der Waals surface area contributed by atoms with E-state index in [4.69, 9.17) is 34.8 Å². The van der Waals surface area contributed by atoms with Gasteiger partial charge in [0.1, 0.15) is 16.8 Å². The fourth-order valence-corrected chi connectivity index (χ4v) is 5.37. The molecule has 12 heteroatoms. The molecule has 1 atom stereocenters. The second-order valence-corrected chi connectivity index (χ2v) is 8.85. The van der Waals surface area contributed by atoms with Gasteiger partial charge in [0.05, 0.1) is 20.9 Å². The molecular weight excluding hydrogens is 465 g/mol. The zero-order chi connectivity index (χ0) is 21.3. The molecule has 0 saturated carbocycles. The average molecular weight is 477 g/mol. The highest BCUT2D eigenvalue weighted by atomic mass is 35.5. The molecule has 0 aliphatic heterocycles. The lowest BCUT2D eigenvalue weighted by atomic mass is 10.2. The van der Waals surface area contributed by atoms with E-state index in [1.54, 1.807) is 24.3 Å². The molecule has 0 spiro atoms. The third kappa shape index (κ3) is 4.71. The lowest BCUT2D eigenvalue weighted by Gasteiger charge is -2.16. The minimum absolute atomic E-state index is 0.00269. The number of carboxylic acids is 1. The normalized spacial score (nSPS) is 12.8. The molecular formula is C17H12Cl3N3O5S. The first-order valence-corrected chi connectivity index (χ1v) is 10.6. The molecule has 3 rings (SSSR count). The Morgan fingerprint density at radius 3 is 2.41 bits per heavy atom. The number of sulfonamides is 1. The van der Waals surface area contributed by atoms with E-state index in [9.17, 15) is 23.1 Å². The third-order valence-corrected chi connectivity index (χ3v) is 6.50. The molecule has 8 nitrogen and oxygen atoms in total. The van der Waals surface area contributed by atoms with Crippen molar-refractivity contribution in [1.29, 1.82) is 0 Å². The average Bonchev–Trinajstić information content (AvgIpc) is 2.59. The molecule has 0 radical (unpaired) electrons.